The monoisotopic (exact) mass is 345 g/mol. The second-order valence-corrected chi connectivity index (χ2v) is 5.48. The number of aromatic nitrogens is 2. The zero-order valence-corrected chi connectivity index (χ0v) is 14.0. The van der Waals surface area contributed by atoms with Gasteiger partial charge in [0, 0.05) is 23.3 Å². The molecule has 0 saturated heterocycles. The molecular formula is C17H16ClN3O3. The van der Waals surface area contributed by atoms with Crippen LogP contribution in [0.5, 0.6) is 0 Å². The van der Waals surface area contributed by atoms with Gasteiger partial charge >= 0.3 is 5.97 Å². The largest absolute Gasteiger partial charge is 0.456 e. The van der Waals surface area contributed by atoms with Crippen LogP contribution in [0.15, 0.2) is 36.0 Å². The van der Waals surface area contributed by atoms with Gasteiger partial charge in [-0.05, 0) is 25.1 Å². The summed E-state index contributed by atoms with van der Waals surface area (Å²) in [6, 6.07) is 8.99. The molecule has 0 aliphatic heterocycles. The maximum Gasteiger partial charge on any atom is 0.349 e. The maximum absolute atomic E-state index is 12.1. The maximum atomic E-state index is 12.1. The third kappa shape index (κ3) is 4.44. The molecule has 6 nitrogen and oxygen atoms in total. The lowest BCUT2D eigenvalue weighted by Crippen LogP contribution is -2.20. The number of nitriles is 1. The summed E-state index contributed by atoms with van der Waals surface area (Å²) < 4.78 is 10.1. The van der Waals surface area contributed by atoms with Gasteiger partial charge in [-0.1, -0.05) is 23.7 Å². The molecule has 0 aliphatic carbocycles. The van der Waals surface area contributed by atoms with Gasteiger partial charge in [0.1, 0.15) is 17.7 Å². The summed E-state index contributed by atoms with van der Waals surface area (Å²) >= 11 is 5.88. The highest BCUT2D eigenvalue weighted by molar-refractivity contribution is 6.30. The third-order valence-electron chi connectivity index (χ3n) is 3.15. The quantitative estimate of drug-likeness (QED) is 0.493. The summed E-state index contributed by atoms with van der Waals surface area (Å²) in [5, 5.41) is 16.7. The van der Waals surface area contributed by atoms with Crippen LogP contribution in [0, 0.1) is 11.3 Å². The van der Waals surface area contributed by atoms with Crippen molar-refractivity contribution < 1.29 is 14.3 Å². The minimum absolute atomic E-state index is 0.116. The Balaban J connectivity index is 2.26. The first-order chi connectivity index (χ1) is 11.5. The number of carbonyl (C=O) groups is 1. The fraction of sp³-hybridized carbons (Fsp3) is 0.235. The number of aromatic amines is 1. The van der Waals surface area contributed by atoms with Crippen molar-refractivity contribution in [1.29, 1.82) is 5.26 Å². The van der Waals surface area contributed by atoms with Crippen LogP contribution in [0.2, 0.25) is 5.02 Å². The van der Waals surface area contributed by atoms with Gasteiger partial charge in [-0.15, -0.1) is 0 Å². The highest BCUT2D eigenvalue weighted by Crippen LogP contribution is 2.24. The number of ether oxygens (including phenoxy) is 2. The predicted molar refractivity (Wildman–Crippen MR) is 90.1 cm³/mol. The van der Waals surface area contributed by atoms with E-state index in [4.69, 9.17) is 21.1 Å². The number of benzene rings is 1. The topological polar surface area (TPSA) is 88.0 Å². The molecule has 2 aromatic rings. The van der Waals surface area contributed by atoms with Crippen LogP contribution >= 0.6 is 11.6 Å². The summed E-state index contributed by atoms with van der Waals surface area (Å²) in [5.41, 5.74) is 2.00. The fourth-order valence-electron chi connectivity index (χ4n) is 2.06. The lowest BCUT2D eigenvalue weighted by atomic mass is 10.1. The van der Waals surface area contributed by atoms with Gasteiger partial charge in [-0.3, -0.25) is 5.10 Å². The highest BCUT2D eigenvalue weighted by atomic mass is 35.5. The van der Waals surface area contributed by atoms with Gasteiger partial charge in [-0.25, -0.2) is 4.79 Å². The Morgan fingerprint density at radius 3 is 2.79 bits per heavy atom. The van der Waals surface area contributed by atoms with Crippen molar-refractivity contribution in [2.24, 2.45) is 0 Å². The molecule has 0 radical (unpaired) electrons. The molecule has 1 heterocycles. The molecule has 1 atom stereocenters. The van der Waals surface area contributed by atoms with E-state index >= 15 is 0 Å². The van der Waals surface area contributed by atoms with Crippen molar-refractivity contribution in [3.8, 4) is 17.3 Å². The van der Waals surface area contributed by atoms with Gasteiger partial charge in [-0.2, -0.15) is 10.4 Å². The molecule has 1 aromatic heterocycles. The summed E-state index contributed by atoms with van der Waals surface area (Å²) in [6.07, 6.45) is 2.53. The number of nitrogens with zero attached hydrogens (tertiary/aromatic N) is 2. The summed E-state index contributed by atoms with van der Waals surface area (Å²) in [6.45, 7) is 1.94. The number of carbonyl (C=O) groups excluding carboxylic acids is 1. The first kappa shape index (κ1) is 17.7. The van der Waals surface area contributed by atoms with E-state index in [1.54, 1.807) is 19.1 Å². The van der Waals surface area contributed by atoms with Crippen LogP contribution in [0.25, 0.3) is 17.3 Å². The van der Waals surface area contributed by atoms with Gasteiger partial charge in [0.15, 0.2) is 0 Å². The molecule has 1 aromatic carbocycles. The lowest BCUT2D eigenvalue weighted by Gasteiger charge is -2.11. The van der Waals surface area contributed by atoms with Crippen LogP contribution in [-0.4, -0.2) is 36.0 Å². The molecule has 24 heavy (non-hydrogen) atoms. The number of nitrogens with one attached hydrogen (secondary N) is 1. The smallest absolute Gasteiger partial charge is 0.349 e. The van der Waals surface area contributed by atoms with E-state index in [2.05, 4.69) is 10.2 Å². The molecule has 0 aliphatic rings. The molecular weight excluding hydrogens is 330 g/mol. The zero-order valence-electron chi connectivity index (χ0n) is 13.2. The van der Waals surface area contributed by atoms with E-state index in [-0.39, 0.29) is 12.2 Å². The molecule has 0 bridgehead atoms. The van der Waals surface area contributed by atoms with Crippen molar-refractivity contribution in [3.05, 3.63) is 46.6 Å². The van der Waals surface area contributed by atoms with Crippen LogP contribution in [0.1, 0.15) is 12.5 Å². The molecule has 0 amide bonds. The van der Waals surface area contributed by atoms with Crippen molar-refractivity contribution in [3.63, 3.8) is 0 Å². The molecule has 124 valence electrons. The van der Waals surface area contributed by atoms with E-state index in [0.717, 1.165) is 5.56 Å². The van der Waals surface area contributed by atoms with E-state index in [1.165, 1.54) is 19.4 Å². The fourth-order valence-corrected chi connectivity index (χ4v) is 2.19. The average molecular weight is 346 g/mol. The Morgan fingerprint density at radius 1 is 1.46 bits per heavy atom. The zero-order chi connectivity index (χ0) is 17.5. The Morgan fingerprint density at radius 2 is 2.17 bits per heavy atom. The molecule has 1 N–H and O–H groups in total. The molecule has 7 heteroatoms. The van der Waals surface area contributed by atoms with Crippen LogP contribution in [0.4, 0.5) is 0 Å². The number of H-pyrrole nitrogens is 1. The van der Waals surface area contributed by atoms with Gasteiger partial charge in [0.2, 0.25) is 0 Å². The number of esters is 1. The van der Waals surface area contributed by atoms with Crippen LogP contribution in [0.3, 0.4) is 0 Å². The van der Waals surface area contributed by atoms with Crippen molar-refractivity contribution in [2.45, 2.75) is 13.0 Å². The van der Waals surface area contributed by atoms with E-state index in [1.807, 2.05) is 18.2 Å². The Hall–Kier alpha value is -2.62. The first-order valence-electron chi connectivity index (χ1n) is 7.16. The Kier molecular flexibility index (Phi) is 6.13. The molecule has 0 spiro atoms. The van der Waals surface area contributed by atoms with E-state index < -0.39 is 12.1 Å². The predicted octanol–water partition coefficient (Wildman–Crippen LogP) is 3.22. The van der Waals surface area contributed by atoms with Crippen LogP contribution < -0.4 is 0 Å². The summed E-state index contributed by atoms with van der Waals surface area (Å²) in [5.74, 6) is -0.703. The second-order valence-electron chi connectivity index (χ2n) is 5.05. The molecule has 0 saturated carbocycles. The second kappa shape index (κ2) is 8.29. The summed E-state index contributed by atoms with van der Waals surface area (Å²) in [4.78, 5) is 12.1. The molecule has 0 fully saturated rings. The van der Waals surface area contributed by atoms with Crippen LogP contribution in [-0.2, 0) is 14.3 Å². The van der Waals surface area contributed by atoms with Crippen molar-refractivity contribution >= 4 is 23.6 Å². The summed E-state index contributed by atoms with van der Waals surface area (Å²) in [7, 11) is 1.51. The Labute approximate surface area is 144 Å². The molecule has 2 rings (SSSR count). The number of hydrogen-bond donors (Lipinski definition) is 1. The SMILES string of the molecule is COC[C@@H](C)OC(=O)/C(C#N)=C/c1cn[nH]c1-c1ccc(Cl)cc1. The van der Waals surface area contributed by atoms with Gasteiger partial charge in [0.05, 0.1) is 18.5 Å². The third-order valence-corrected chi connectivity index (χ3v) is 3.40. The van der Waals surface area contributed by atoms with Crippen molar-refractivity contribution in [2.75, 3.05) is 13.7 Å². The van der Waals surface area contributed by atoms with E-state index in [9.17, 15) is 10.1 Å². The first-order valence-corrected chi connectivity index (χ1v) is 7.54. The number of halogens is 1. The lowest BCUT2D eigenvalue weighted by molar-refractivity contribution is -0.145. The minimum Gasteiger partial charge on any atom is -0.456 e. The number of rotatable bonds is 6. The molecule has 0 unspecified atom stereocenters. The minimum atomic E-state index is -0.703. The van der Waals surface area contributed by atoms with Gasteiger partial charge < -0.3 is 9.47 Å². The number of methoxy groups -OCH3 is 1. The number of hydrogen-bond acceptors (Lipinski definition) is 5. The van der Waals surface area contributed by atoms with Gasteiger partial charge in [0.25, 0.3) is 0 Å². The van der Waals surface area contributed by atoms with E-state index in [0.29, 0.717) is 16.3 Å². The standard InChI is InChI=1S/C17H16ClN3O3/c1-11(10-23-2)24-17(22)13(8-19)7-14-9-20-21-16(14)12-3-5-15(18)6-4-12/h3-7,9,11H,10H2,1-2H3,(H,20,21)/b13-7+/t11-/m1/s1. The Bertz CT molecular complexity index is 775. The van der Waals surface area contributed by atoms with Crippen molar-refractivity contribution in [1.82, 2.24) is 10.2 Å². The normalized spacial score (nSPS) is 12.5. The highest BCUT2D eigenvalue weighted by Gasteiger charge is 2.16. The average Bonchev–Trinajstić information content (AvgIpc) is 3.01.